The topological polar surface area (TPSA) is 35.6 Å². The van der Waals surface area contributed by atoms with E-state index >= 15 is 0 Å². The predicted molar refractivity (Wildman–Crippen MR) is 88.7 cm³/mol. The molecule has 1 fully saturated rings. The highest BCUT2D eigenvalue weighted by molar-refractivity contribution is 5.89. The number of nitrogens with one attached hydrogen (secondary N) is 1. The van der Waals surface area contributed by atoms with E-state index in [1.807, 2.05) is 30.3 Å². The van der Waals surface area contributed by atoms with Crippen molar-refractivity contribution in [2.75, 3.05) is 31.5 Å². The zero-order valence-corrected chi connectivity index (χ0v) is 13.2. The van der Waals surface area contributed by atoms with Crippen molar-refractivity contribution in [1.29, 1.82) is 0 Å². The standard InChI is InChI=1S/C18H19F2N3O/c19-16-7-6-14(12-17(16)20)13-22-8-10-23(11-9-22)18(24)21-15-4-2-1-3-5-15/h1-7,12H,8-11,13H2,(H,21,24). The summed E-state index contributed by atoms with van der Waals surface area (Å²) in [6.07, 6.45) is 0. The number of benzene rings is 2. The summed E-state index contributed by atoms with van der Waals surface area (Å²) in [7, 11) is 0. The number of amides is 2. The van der Waals surface area contributed by atoms with Gasteiger partial charge in [-0.1, -0.05) is 24.3 Å². The summed E-state index contributed by atoms with van der Waals surface area (Å²) in [6.45, 7) is 3.14. The van der Waals surface area contributed by atoms with Crippen LogP contribution >= 0.6 is 0 Å². The molecule has 2 aromatic rings. The molecule has 3 rings (SSSR count). The fourth-order valence-electron chi connectivity index (χ4n) is 2.73. The first-order chi connectivity index (χ1) is 11.6. The van der Waals surface area contributed by atoms with Crippen LogP contribution in [-0.4, -0.2) is 42.0 Å². The molecule has 0 atom stereocenters. The van der Waals surface area contributed by atoms with Gasteiger partial charge in [-0.25, -0.2) is 13.6 Å². The van der Waals surface area contributed by atoms with Gasteiger partial charge in [-0.2, -0.15) is 0 Å². The van der Waals surface area contributed by atoms with Gasteiger partial charge < -0.3 is 10.2 Å². The van der Waals surface area contributed by atoms with Crippen LogP contribution in [0, 0.1) is 11.6 Å². The summed E-state index contributed by atoms with van der Waals surface area (Å²) >= 11 is 0. The van der Waals surface area contributed by atoms with Crippen LogP contribution in [0.3, 0.4) is 0 Å². The Morgan fingerprint density at radius 2 is 1.67 bits per heavy atom. The molecule has 2 amide bonds. The molecule has 0 bridgehead atoms. The minimum absolute atomic E-state index is 0.117. The van der Waals surface area contributed by atoms with Crippen molar-refractivity contribution in [2.45, 2.75) is 6.54 Å². The molecule has 24 heavy (non-hydrogen) atoms. The van der Waals surface area contributed by atoms with Crippen molar-refractivity contribution in [3.63, 3.8) is 0 Å². The Morgan fingerprint density at radius 1 is 0.958 bits per heavy atom. The summed E-state index contributed by atoms with van der Waals surface area (Å²) in [5.41, 5.74) is 1.50. The SMILES string of the molecule is O=C(Nc1ccccc1)N1CCN(Cc2ccc(F)c(F)c2)CC1. The molecule has 126 valence electrons. The molecule has 1 N–H and O–H groups in total. The van der Waals surface area contributed by atoms with Gasteiger partial charge in [-0.15, -0.1) is 0 Å². The lowest BCUT2D eigenvalue weighted by Gasteiger charge is -2.34. The van der Waals surface area contributed by atoms with E-state index < -0.39 is 11.6 Å². The van der Waals surface area contributed by atoms with Gasteiger partial charge in [0, 0.05) is 38.4 Å². The Labute approximate surface area is 139 Å². The molecule has 0 unspecified atom stereocenters. The third-order valence-corrected chi connectivity index (χ3v) is 4.07. The Bertz CT molecular complexity index is 701. The van der Waals surface area contributed by atoms with Gasteiger partial charge in [0.2, 0.25) is 0 Å². The highest BCUT2D eigenvalue weighted by Crippen LogP contribution is 2.13. The van der Waals surface area contributed by atoms with Crippen molar-refractivity contribution >= 4 is 11.7 Å². The number of carbonyl (C=O) groups excluding carboxylic acids is 1. The number of halogens is 2. The molecule has 6 heteroatoms. The van der Waals surface area contributed by atoms with Crippen molar-refractivity contribution in [3.05, 3.63) is 65.7 Å². The zero-order chi connectivity index (χ0) is 16.9. The van der Waals surface area contributed by atoms with Crippen LogP contribution in [0.1, 0.15) is 5.56 Å². The van der Waals surface area contributed by atoms with Crippen LogP contribution in [0.15, 0.2) is 48.5 Å². The van der Waals surface area contributed by atoms with E-state index in [1.54, 1.807) is 11.0 Å². The van der Waals surface area contributed by atoms with Crippen LogP contribution in [0.5, 0.6) is 0 Å². The van der Waals surface area contributed by atoms with Crippen LogP contribution in [0.25, 0.3) is 0 Å². The van der Waals surface area contributed by atoms with Crippen molar-refractivity contribution in [1.82, 2.24) is 9.80 Å². The smallest absolute Gasteiger partial charge is 0.321 e. The number of piperazine rings is 1. The van der Waals surface area contributed by atoms with Crippen molar-refractivity contribution in [3.8, 4) is 0 Å². The van der Waals surface area contributed by atoms with E-state index in [-0.39, 0.29) is 6.03 Å². The predicted octanol–water partition coefficient (Wildman–Crippen LogP) is 3.31. The number of nitrogens with zero attached hydrogens (tertiary/aromatic N) is 2. The molecule has 0 radical (unpaired) electrons. The molecular weight excluding hydrogens is 312 g/mol. The molecule has 4 nitrogen and oxygen atoms in total. The fraction of sp³-hybridized carbons (Fsp3) is 0.278. The number of urea groups is 1. The van der Waals surface area contributed by atoms with Crippen LogP contribution in [0.4, 0.5) is 19.3 Å². The Kier molecular flexibility index (Phi) is 5.05. The molecule has 1 aliphatic heterocycles. The third kappa shape index (κ3) is 4.08. The number of para-hydroxylation sites is 1. The first-order valence-electron chi connectivity index (χ1n) is 7.89. The van der Waals surface area contributed by atoms with E-state index in [0.717, 1.165) is 17.3 Å². The first-order valence-corrected chi connectivity index (χ1v) is 7.89. The molecule has 0 spiro atoms. The number of rotatable bonds is 3. The monoisotopic (exact) mass is 331 g/mol. The summed E-state index contributed by atoms with van der Waals surface area (Å²) in [6, 6.07) is 13.2. The van der Waals surface area contributed by atoms with Gasteiger partial charge in [0.05, 0.1) is 0 Å². The maximum absolute atomic E-state index is 13.3. The van der Waals surface area contributed by atoms with Gasteiger partial charge in [0.1, 0.15) is 0 Å². The number of hydrogen-bond acceptors (Lipinski definition) is 2. The third-order valence-electron chi connectivity index (χ3n) is 4.07. The van der Waals surface area contributed by atoms with Crippen LogP contribution in [0.2, 0.25) is 0 Å². The van der Waals surface area contributed by atoms with Gasteiger partial charge in [-0.05, 0) is 29.8 Å². The molecule has 0 aromatic heterocycles. The second-order valence-corrected chi connectivity index (χ2v) is 5.81. The Hall–Kier alpha value is -2.47. The maximum atomic E-state index is 13.3. The molecule has 0 aliphatic carbocycles. The Balaban J connectivity index is 1.50. The van der Waals surface area contributed by atoms with Gasteiger partial charge in [0.25, 0.3) is 0 Å². The summed E-state index contributed by atoms with van der Waals surface area (Å²) in [5.74, 6) is -1.66. The second-order valence-electron chi connectivity index (χ2n) is 5.81. The normalized spacial score (nSPS) is 15.3. The summed E-state index contributed by atoms with van der Waals surface area (Å²) in [4.78, 5) is 16.1. The Morgan fingerprint density at radius 3 is 2.33 bits per heavy atom. The minimum atomic E-state index is -0.832. The van der Waals surface area contributed by atoms with E-state index in [0.29, 0.717) is 32.7 Å². The van der Waals surface area contributed by atoms with E-state index in [1.165, 1.54) is 6.07 Å². The lowest BCUT2D eigenvalue weighted by molar-refractivity contribution is 0.143. The van der Waals surface area contributed by atoms with Crippen LogP contribution < -0.4 is 5.32 Å². The van der Waals surface area contributed by atoms with Crippen molar-refractivity contribution in [2.24, 2.45) is 0 Å². The lowest BCUT2D eigenvalue weighted by Crippen LogP contribution is -2.49. The molecular formula is C18H19F2N3O. The van der Waals surface area contributed by atoms with Crippen molar-refractivity contribution < 1.29 is 13.6 Å². The molecule has 1 aliphatic rings. The average molecular weight is 331 g/mol. The number of carbonyl (C=O) groups is 1. The minimum Gasteiger partial charge on any atom is -0.322 e. The maximum Gasteiger partial charge on any atom is 0.321 e. The number of anilines is 1. The molecule has 1 saturated heterocycles. The molecule has 0 saturated carbocycles. The first kappa shape index (κ1) is 16.4. The fourth-order valence-corrected chi connectivity index (χ4v) is 2.73. The molecule has 2 aromatic carbocycles. The van der Waals surface area contributed by atoms with Gasteiger partial charge in [-0.3, -0.25) is 4.90 Å². The highest BCUT2D eigenvalue weighted by atomic mass is 19.2. The van der Waals surface area contributed by atoms with E-state index in [9.17, 15) is 13.6 Å². The van der Waals surface area contributed by atoms with E-state index in [2.05, 4.69) is 10.2 Å². The highest BCUT2D eigenvalue weighted by Gasteiger charge is 2.21. The van der Waals surface area contributed by atoms with Gasteiger partial charge in [0.15, 0.2) is 11.6 Å². The molecule has 1 heterocycles. The lowest BCUT2D eigenvalue weighted by atomic mass is 10.2. The summed E-state index contributed by atoms with van der Waals surface area (Å²) < 4.78 is 26.2. The van der Waals surface area contributed by atoms with Gasteiger partial charge >= 0.3 is 6.03 Å². The van der Waals surface area contributed by atoms with Crippen LogP contribution in [-0.2, 0) is 6.54 Å². The second kappa shape index (κ2) is 7.40. The summed E-state index contributed by atoms with van der Waals surface area (Å²) in [5, 5.41) is 2.87. The number of hydrogen-bond donors (Lipinski definition) is 1. The quantitative estimate of drug-likeness (QED) is 0.936. The average Bonchev–Trinajstić information content (AvgIpc) is 2.60. The largest absolute Gasteiger partial charge is 0.322 e. The zero-order valence-electron chi connectivity index (χ0n) is 13.2. The van der Waals surface area contributed by atoms with E-state index in [4.69, 9.17) is 0 Å².